The minimum Gasteiger partial charge on any atom is -0.373 e. The first-order chi connectivity index (χ1) is 19.2. The van der Waals surface area contributed by atoms with Crippen LogP contribution in [0.25, 0.3) is 6.08 Å². The average molecular weight is 598 g/mol. The molecule has 1 aliphatic rings. The standard InChI is InChI=1S/C32H42Cl2N6O/c1-21(41)35-25-11-13-26(14-12-25)36-32(18-16-23(17-19-32)30(2,3)4)29-37-38-39-40(29)28(31(5,6)7)15-9-22-8-10-24(33)20-27(22)34/h8-15,20,23,28,36H,16-19H2,1-7H3,(H,35,41)/b15-9-. The van der Waals surface area contributed by atoms with E-state index < -0.39 is 5.54 Å². The summed E-state index contributed by atoms with van der Waals surface area (Å²) in [7, 11) is 0. The number of carbonyl (C=O) groups excluding carboxylic acids is 1. The van der Waals surface area contributed by atoms with Gasteiger partial charge in [-0.25, -0.2) is 4.68 Å². The molecule has 1 fully saturated rings. The highest BCUT2D eigenvalue weighted by Crippen LogP contribution is 2.47. The molecule has 3 aromatic rings. The molecular formula is C32H42Cl2N6O. The minimum absolute atomic E-state index is 0.0944. The van der Waals surface area contributed by atoms with Crippen molar-refractivity contribution in [1.82, 2.24) is 20.2 Å². The highest BCUT2D eigenvalue weighted by atomic mass is 35.5. The van der Waals surface area contributed by atoms with Crippen LogP contribution in [-0.2, 0) is 10.3 Å². The van der Waals surface area contributed by atoms with Gasteiger partial charge in [0.1, 0.15) is 0 Å². The summed E-state index contributed by atoms with van der Waals surface area (Å²) in [5.74, 6) is 1.33. The first kappa shape index (κ1) is 31.0. The Bertz CT molecular complexity index is 1380. The number of amides is 1. The van der Waals surface area contributed by atoms with Crippen LogP contribution in [0.4, 0.5) is 11.4 Å². The molecule has 0 spiro atoms. The average Bonchev–Trinajstić information content (AvgIpc) is 3.35. The van der Waals surface area contributed by atoms with Crippen molar-refractivity contribution in [2.45, 2.75) is 85.7 Å². The molecule has 4 rings (SSSR count). The molecule has 220 valence electrons. The van der Waals surface area contributed by atoms with Crippen molar-refractivity contribution in [1.29, 1.82) is 0 Å². The molecule has 1 atom stereocenters. The Hall–Kier alpha value is -2.90. The van der Waals surface area contributed by atoms with E-state index in [0.717, 1.165) is 48.4 Å². The second-order valence-corrected chi connectivity index (χ2v) is 14.2. The normalized spacial score (nSPS) is 20.7. The van der Waals surface area contributed by atoms with E-state index >= 15 is 0 Å². The van der Waals surface area contributed by atoms with Gasteiger partial charge in [-0.15, -0.1) is 5.10 Å². The van der Waals surface area contributed by atoms with E-state index in [0.29, 0.717) is 16.0 Å². The minimum atomic E-state index is -0.462. The highest BCUT2D eigenvalue weighted by molar-refractivity contribution is 6.35. The number of allylic oxidation sites excluding steroid dienone is 1. The summed E-state index contributed by atoms with van der Waals surface area (Å²) < 4.78 is 1.98. The maximum absolute atomic E-state index is 11.5. The number of tetrazole rings is 1. The summed E-state index contributed by atoms with van der Waals surface area (Å²) >= 11 is 12.6. The zero-order valence-corrected chi connectivity index (χ0v) is 26.6. The van der Waals surface area contributed by atoms with Crippen LogP contribution in [0.5, 0.6) is 0 Å². The van der Waals surface area contributed by atoms with Gasteiger partial charge in [0.25, 0.3) is 0 Å². The smallest absolute Gasteiger partial charge is 0.221 e. The Morgan fingerprint density at radius 1 is 1.02 bits per heavy atom. The molecule has 0 bridgehead atoms. The van der Waals surface area contributed by atoms with E-state index in [9.17, 15) is 4.79 Å². The van der Waals surface area contributed by atoms with Crippen molar-refractivity contribution < 1.29 is 4.79 Å². The number of hydrogen-bond acceptors (Lipinski definition) is 5. The van der Waals surface area contributed by atoms with Gasteiger partial charge >= 0.3 is 0 Å². The topological polar surface area (TPSA) is 84.7 Å². The first-order valence-electron chi connectivity index (χ1n) is 14.3. The number of carbonyl (C=O) groups is 1. The molecule has 41 heavy (non-hydrogen) atoms. The third-order valence-electron chi connectivity index (χ3n) is 8.14. The van der Waals surface area contributed by atoms with Gasteiger partial charge in [-0.2, -0.15) is 0 Å². The van der Waals surface area contributed by atoms with Crippen LogP contribution in [0.3, 0.4) is 0 Å². The third kappa shape index (κ3) is 7.49. The fraction of sp³-hybridized carbons (Fsp3) is 0.500. The van der Waals surface area contributed by atoms with E-state index in [1.807, 2.05) is 47.2 Å². The lowest BCUT2D eigenvalue weighted by atomic mass is 9.67. The van der Waals surface area contributed by atoms with Crippen LogP contribution in [0.15, 0.2) is 48.5 Å². The Balaban J connectivity index is 1.74. The molecule has 0 radical (unpaired) electrons. The van der Waals surface area contributed by atoms with Crippen molar-refractivity contribution >= 4 is 46.6 Å². The molecule has 9 heteroatoms. The molecule has 2 N–H and O–H groups in total. The van der Waals surface area contributed by atoms with E-state index in [-0.39, 0.29) is 22.8 Å². The molecule has 1 unspecified atom stereocenters. The van der Waals surface area contributed by atoms with Gasteiger partial charge in [-0.05, 0) is 94.8 Å². The molecule has 0 saturated heterocycles. The van der Waals surface area contributed by atoms with Crippen molar-refractivity contribution in [2.24, 2.45) is 16.7 Å². The van der Waals surface area contributed by atoms with E-state index in [2.05, 4.69) is 73.8 Å². The van der Waals surface area contributed by atoms with Crippen LogP contribution in [0, 0.1) is 16.7 Å². The molecule has 1 aliphatic carbocycles. The maximum Gasteiger partial charge on any atom is 0.221 e. The van der Waals surface area contributed by atoms with Crippen LogP contribution < -0.4 is 10.6 Å². The van der Waals surface area contributed by atoms with E-state index in [1.165, 1.54) is 6.92 Å². The predicted molar refractivity (Wildman–Crippen MR) is 169 cm³/mol. The summed E-state index contributed by atoms with van der Waals surface area (Å²) in [5, 5.41) is 21.4. The number of halogens is 2. The van der Waals surface area contributed by atoms with Crippen molar-refractivity contribution in [3.8, 4) is 0 Å². The monoisotopic (exact) mass is 596 g/mol. The third-order valence-corrected chi connectivity index (χ3v) is 8.71. The lowest BCUT2D eigenvalue weighted by molar-refractivity contribution is -0.114. The second-order valence-electron chi connectivity index (χ2n) is 13.4. The summed E-state index contributed by atoms with van der Waals surface area (Å²) in [4.78, 5) is 11.5. The van der Waals surface area contributed by atoms with Crippen LogP contribution in [0.2, 0.25) is 10.0 Å². The fourth-order valence-electron chi connectivity index (χ4n) is 5.76. The van der Waals surface area contributed by atoms with Crippen molar-refractivity contribution in [3.05, 3.63) is 70.0 Å². The lowest BCUT2D eigenvalue weighted by Crippen LogP contribution is -2.44. The summed E-state index contributed by atoms with van der Waals surface area (Å²) in [6.07, 6.45) is 8.06. The van der Waals surface area contributed by atoms with Gasteiger partial charge < -0.3 is 10.6 Å². The molecule has 1 heterocycles. The zero-order chi connectivity index (χ0) is 30.0. The number of aromatic nitrogens is 4. The Kier molecular flexibility index (Phi) is 9.19. The predicted octanol–water partition coefficient (Wildman–Crippen LogP) is 8.78. The summed E-state index contributed by atoms with van der Waals surface area (Å²) in [6, 6.07) is 13.2. The number of rotatable bonds is 7. The van der Waals surface area contributed by atoms with Gasteiger partial charge in [-0.1, -0.05) is 83.0 Å². The van der Waals surface area contributed by atoms with Crippen molar-refractivity contribution in [2.75, 3.05) is 10.6 Å². The summed E-state index contributed by atoms with van der Waals surface area (Å²) in [5.41, 5.74) is 2.18. The van der Waals surface area contributed by atoms with Crippen LogP contribution in [-0.4, -0.2) is 26.1 Å². The molecule has 1 saturated carbocycles. The quantitative estimate of drug-likeness (QED) is 0.284. The first-order valence-corrected chi connectivity index (χ1v) is 15.0. The summed E-state index contributed by atoms with van der Waals surface area (Å²) in [6.45, 7) is 15.0. The van der Waals surface area contributed by atoms with Gasteiger partial charge in [0.05, 0.1) is 11.6 Å². The number of nitrogens with one attached hydrogen (secondary N) is 2. The number of benzene rings is 2. The van der Waals surface area contributed by atoms with Gasteiger partial charge in [-0.3, -0.25) is 4.79 Å². The molecular weight excluding hydrogens is 555 g/mol. The lowest BCUT2D eigenvalue weighted by Gasteiger charge is -2.45. The highest BCUT2D eigenvalue weighted by Gasteiger charge is 2.45. The van der Waals surface area contributed by atoms with Crippen molar-refractivity contribution in [3.63, 3.8) is 0 Å². The number of nitrogens with zero attached hydrogens (tertiary/aromatic N) is 4. The maximum atomic E-state index is 11.5. The molecule has 7 nitrogen and oxygen atoms in total. The Labute approximate surface area is 254 Å². The fourth-order valence-corrected chi connectivity index (χ4v) is 6.23. The molecule has 0 aliphatic heterocycles. The zero-order valence-electron chi connectivity index (χ0n) is 25.1. The van der Waals surface area contributed by atoms with Gasteiger partial charge in [0, 0.05) is 28.3 Å². The molecule has 1 aromatic heterocycles. The van der Waals surface area contributed by atoms with Crippen LogP contribution in [0.1, 0.15) is 91.6 Å². The van der Waals surface area contributed by atoms with Crippen LogP contribution >= 0.6 is 23.2 Å². The largest absolute Gasteiger partial charge is 0.373 e. The second kappa shape index (κ2) is 12.1. The molecule has 2 aromatic carbocycles. The SMILES string of the molecule is CC(=O)Nc1ccc(NC2(c3nnnn3C(/C=C\c3ccc(Cl)cc3Cl)C(C)(C)C)CCC(C(C)(C)C)CC2)cc1. The Morgan fingerprint density at radius 2 is 1.66 bits per heavy atom. The van der Waals surface area contributed by atoms with E-state index in [4.69, 9.17) is 23.2 Å². The number of hydrogen-bond donors (Lipinski definition) is 2. The Morgan fingerprint density at radius 3 is 2.22 bits per heavy atom. The van der Waals surface area contributed by atoms with Gasteiger partial charge in [0.15, 0.2) is 5.82 Å². The van der Waals surface area contributed by atoms with Gasteiger partial charge in [0.2, 0.25) is 5.91 Å². The number of anilines is 2. The van der Waals surface area contributed by atoms with E-state index in [1.54, 1.807) is 6.07 Å². The molecule has 1 amide bonds.